The van der Waals surface area contributed by atoms with Gasteiger partial charge in [0.15, 0.2) is 0 Å². The van der Waals surface area contributed by atoms with E-state index in [4.69, 9.17) is 58.8 Å². The van der Waals surface area contributed by atoms with Gasteiger partial charge >= 0.3 is 44.5 Å². The fourth-order valence-corrected chi connectivity index (χ4v) is 5.93. The number of hydrogen-bond donors (Lipinski definition) is 7. The third kappa shape index (κ3) is 17.5. The first-order chi connectivity index (χ1) is 28.6. The lowest BCUT2D eigenvalue weighted by Crippen LogP contribution is -2.35. The Morgan fingerprint density at radius 1 is 1.00 bits per heavy atom. The Morgan fingerprint density at radius 2 is 1.58 bits per heavy atom. The van der Waals surface area contributed by atoms with E-state index < -0.39 is 101 Å². The van der Waals surface area contributed by atoms with Gasteiger partial charge in [0.05, 0.1) is 40.2 Å². The Hall–Kier alpha value is -6.01. The zero-order valence-electron chi connectivity index (χ0n) is 31.6. The summed E-state index contributed by atoms with van der Waals surface area (Å²) in [7, 11) is -8.81. The van der Waals surface area contributed by atoms with Crippen LogP contribution in [0.25, 0.3) is 5.69 Å². The molecule has 0 spiro atoms. The molecular weight excluding hydrogens is 932 g/mol. The molecule has 30 heteroatoms. The Labute approximate surface area is 356 Å². The Bertz CT molecular complexity index is 2470. The molecule has 0 bridgehead atoms. The average molecular weight is 965 g/mol. The van der Waals surface area contributed by atoms with E-state index in [0.29, 0.717) is 23.4 Å². The molecule has 0 unspecified atom stereocenters. The van der Waals surface area contributed by atoms with Crippen LogP contribution in [0.5, 0.6) is 17.5 Å². The molecule has 0 saturated carbocycles. The fraction of sp³-hybridized carbons (Fsp3) is 0.281. The van der Waals surface area contributed by atoms with Crippen molar-refractivity contribution in [3.8, 4) is 35.5 Å². The van der Waals surface area contributed by atoms with Crippen LogP contribution in [0, 0.1) is 12.3 Å². The maximum absolute atomic E-state index is 12.3. The minimum atomic E-state index is -4.71. The minimum absolute atomic E-state index is 0.0434. The fourth-order valence-electron chi connectivity index (χ4n) is 3.90. The van der Waals surface area contributed by atoms with Crippen LogP contribution in [0.15, 0.2) is 56.6 Å². The summed E-state index contributed by atoms with van der Waals surface area (Å²) in [5.74, 6) is -3.29. The third-order valence-electron chi connectivity index (χ3n) is 6.28. The van der Waals surface area contributed by atoms with Crippen LogP contribution in [-0.2, 0) is 24.8 Å². The highest BCUT2D eigenvalue weighted by Gasteiger charge is 2.26. The van der Waals surface area contributed by atoms with Crippen molar-refractivity contribution < 1.29 is 83.6 Å². The normalized spacial score (nSPS) is 11.3. The van der Waals surface area contributed by atoms with Crippen LogP contribution in [-0.4, -0.2) is 98.8 Å². The number of carbonyl (C=O) groups excluding carboxylic acids is 1. The predicted molar refractivity (Wildman–Crippen MR) is 206 cm³/mol. The summed E-state index contributed by atoms with van der Waals surface area (Å²) in [6.07, 6.45) is 4.56. The van der Waals surface area contributed by atoms with E-state index in [1.54, 1.807) is 5.32 Å². The Balaban J connectivity index is 0.000000361. The minimum Gasteiger partial charge on any atom is -0.480 e. The number of halogens is 6. The van der Waals surface area contributed by atoms with Crippen molar-refractivity contribution >= 4 is 64.7 Å². The van der Waals surface area contributed by atoms with Crippen LogP contribution >= 0.6 is 30.8 Å². The SMILES string of the molecule is C#CCOc1cc(-n2nc(C(C)(C)C)oc2=O)c(Cl)cc1Cl.O=C(Nc1nc(OC(F)F)cc(OC(F)F)n1)NS(=O)(=O)c1ccccc1C(=O)O.O=C(O)CNCP(=O)(O)O. The second kappa shape index (κ2) is 22.7. The number of sulfonamides is 1. The molecule has 2 heterocycles. The molecule has 0 saturated heterocycles. The molecule has 7 N–H and O–H groups in total. The van der Waals surface area contributed by atoms with Gasteiger partial charge in [-0.15, -0.1) is 11.5 Å². The van der Waals surface area contributed by atoms with Crippen molar-refractivity contribution in [3.63, 3.8) is 0 Å². The number of aromatic carboxylic acids is 1. The number of urea groups is 1. The van der Waals surface area contributed by atoms with Crippen molar-refractivity contribution in [2.45, 2.75) is 44.3 Å². The van der Waals surface area contributed by atoms with E-state index in [9.17, 15) is 49.7 Å². The topological polar surface area (TPSA) is 321 Å². The molecule has 2 amide bonds. The number of nitrogens with zero attached hydrogens (tertiary/aromatic N) is 4. The highest BCUT2D eigenvalue weighted by Crippen LogP contribution is 2.33. The van der Waals surface area contributed by atoms with Crippen LogP contribution in [0.4, 0.5) is 28.3 Å². The highest BCUT2D eigenvalue weighted by atomic mass is 35.5. The van der Waals surface area contributed by atoms with Gasteiger partial charge in [0.2, 0.25) is 23.6 Å². The number of hydrogen-bond acceptors (Lipinski definition) is 15. The van der Waals surface area contributed by atoms with Crippen molar-refractivity contribution in [3.05, 3.63) is 74.5 Å². The summed E-state index contributed by atoms with van der Waals surface area (Å²) >= 11 is 12.2. The Kier molecular flexibility index (Phi) is 19.1. The van der Waals surface area contributed by atoms with Gasteiger partial charge in [0.25, 0.3) is 10.0 Å². The number of aromatic nitrogens is 4. The van der Waals surface area contributed by atoms with Crippen LogP contribution in [0.3, 0.4) is 0 Å². The summed E-state index contributed by atoms with van der Waals surface area (Å²) in [5, 5.41) is 25.5. The van der Waals surface area contributed by atoms with Crippen molar-refractivity contribution in [2.75, 3.05) is 24.8 Å². The number of rotatable bonds is 15. The zero-order valence-corrected chi connectivity index (χ0v) is 34.8. The summed E-state index contributed by atoms with van der Waals surface area (Å²) in [4.78, 5) is 67.0. The molecule has 2 aromatic carbocycles. The maximum atomic E-state index is 12.3. The molecule has 0 radical (unpaired) electrons. The summed E-state index contributed by atoms with van der Waals surface area (Å²) in [5.41, 5.74) is -0.747. The highest BCUT2D eigenvalue weighted by molar-refractivity contribution is 7.90. The first-order valence-electron chi connectivity index (χ1n) is 16.2. The van der Waals surface area contributed by atoms with E-state index >= 15 is 0 Å². The number of amides is 2. The number of carbonyl (C=O) groups is 3. The molecule has 0 aliphatic heterocycles. The molecule has 0 atom stereocenters. The van der Waals surface area contributed by atoms with E-state index in [1.807, 2.05) is 20.8 Å². The lowest BCUT2D eigenvalue weighted by molar-refractivity contribution is -0.135. The number of anilines is 1. The number of ether oxygens (including phenoxy) is 3. The quantitative estimate of drug-likeness (QED) is 0.0500. The summed E-state index contributed by atoms with van der Waals surface area (Å²) in [6.45, 7) is -1.57. The number of alkyl halides is 4. The Morgan fingerprint density at radius 3 is 2.06 bits per heavy atom. The van der Waals surface area contributed by atoms with Crippen LogP contribution < -0.4 is 35.3 Å². The zero-order chi connectivity index (χ0) is 47.2. The van der Waals surface area contributed by atoms with E-state index in [0.717, 1.165) is 16.8 Å². The van der Waals surface area contributed by atoms with Gasteiger partial charge in [-0.1, -0.05) is 62.0 Å². The number of benzene rings is 2. The van der Waals surface area contributed by atoms with E-state index in [1.165, 1.54) is 29.0 Å². The second-order valence-corrected chi connectivity index (χ2v) is 16.3. The molecule has 338 valence electrons. The first kappa shape index (κ1) is 52.1. The molecule has 0 aliphatic rings. The number of nitrogens with one attached hydrogen (secondary N) is 3. The van der Waals surface area contributed by atoms with Crippen LogP contribution in [0.1, 0.15) is 37.0 Å². The van der Waals surface area contributed by atoms with E-state index in [2.05, 4.69) is 35.8 Å². The van der Waals surface area contributed by atoms with Gasteiger partial charge in [0, 0.05) is 11.5 Å². The number of carboxylic acid groups (broad SMARTS) is 2. The van der Waals surface area contributed by atoms with Gasteiger partial charge in [-0.2, -0.15) is 32.2 Å². The number of terminal acetylenes is 1. The molecule has 4 aromatic rings. The maximum Gasteiger partial charge on any atom is 0.442 e. The molecule has 4 rings (SSSR count). The monoisotopic (exact) mass is 963 g/mol. The van der Waals surface area contributed by atoms with Gasteiger partial charge in [-0.05, 0) is 18.2 Å². The summed E-state index contributed by atoms with van der Waals surface area (Å²) < 4.78 is 105. The number of aliphatic carboxylic acids is 1. The van der Waals surface area contributed by atoms with E-state index in [-0.39, 0.29) is 16.7 Å². The lowest BCUT2D eigenvalue weighted by atomic mass is 9.97. The molecule has 22 nitrogen and oxygen atoms in total. The average Bonchev–Trinajstić information content (AvgIpc) is 3.52. The summed E-state index contributed by atoms with van der Waals surface area (Å²) in [6, 6.07) is 6.18. The lowest BCUT2D eigenvalue weighted by Gasteiger charge is -2.11. The van der Waals surface area contributed by atoms with Gasteiger partial charge in [0.1, 0.15) is 17.3 Å². The van der Waals surface area contributed by atoms with Crippen molar-refractivity contribution in [2.24, 2.45) is 0 Å². The van der Waals surface area contributed by atoms with Crippen molar-refractivity contribution in [1.82, 2.24) is 29.8 Å². The van der Waals surface area contributed by atoms with Crippen LogP contribution in [0.2, 0.25) is 10.0 Å². The first-order valence-corrected chi connectivity index (χ1v) is 20.2. The van der Waals surface area contributed by atoms with Crippen molar-refractivity contribution in [1.29, 1.82) is 0 Å². The second-order valence-electron chi connectivity index (χ2n) is 12.2. The standard InChI is InChI=1S/C15H14Cl2N2O3.C14H10F4N4O7S.C3H8NO5P/c1-5-6-21-12-8-11(9(16)7-10(12)17)19-14(20)22-13(18-19)15(2,3)4;15-11(16)28-8-5-9(29-12(17)18)20-13(19-8)21-14(25)22-30(26,27)7-4-2-1-3-6(7)10(23)24;5-3(6)1-4-2-10(7,8)9/h1,7-8H,6H2,2-4H3;1-5,11-12H,(H,23,24)(H2,19,20,21,22,25);4H,1-2H2,(H,5,6)(H2,7,8,9). The van der Waals surface area contributed by atoms with Gasteiger partial charge < -0.3 is 38.6 Å². The molecule has 0 fully saturated rings. The molecule has 62 heavy (non-hydrogen) atoms. The number of carboxylic acids is 2. The smallest absolute Gasteiger partial charge is 0.442 e. The predicted octanol–water partition coefficient (Wildman–Crippen LogP) is 4.13. The third-order valence-corrected chi connectivity index (χ3v) is 8.90. The molecule has 2 aromatic heterocycles. The van der Waals surface area contributed by atoms with Gasteiger partial charge in [-0.3, -0.25) is 20.0 Å². The largest absolute Gasteiger partial charge is 0.480 e. The molecular formula is C32H32Cl2F4N7O15PS. The molecule has 0 aliphatic carbocycles. The van der Waals surface area contributed by atoms with Gasteiger partial charge in [-0.25, -0.2) is 27.5 Å².